The van der Waals surface area contributed by atoms with E-state index in [1.54, 1.807) is 12.1 Å². The Hall–Kier alpha value is -2.69. The molecule has 0 aliphatic heterocycles. The van der Waals surface area contributed by atoms with Crippen molar-refractivity contribution in [3.05, 3.63) is 64.5 Å². The maximum absolute atomic E-state index is 13.0. The third-order valence-electron chi connectivity index (χ3n) is 3.26. The van der Waals surface area contributed by atoms with Gasteiger partial charge in [-0.15, -0.1) is 0 Å². The van der Waals surface area contributed by atoms with Crippen LogP contribution in [0.4, 0.5) is 10.1 Å². The van der Waals surface area contributed by atoms with Crippen molar-refractivity contribution < 1.29 is 14.0 Å². The third kappa shape index (κ3) is 4.92. The highest BCUT2D eigenvalue weighted by Crippen LogP contribution is 2.21. The number of oxime groups is 1. The number of halogens is 1. The normalized spacial score (nSPS) is 10.8. The standard InChI is InChI=1S/C18H19FN2O2/c1-12-7-13(2)18(14(3)8-12)21-17(22)11-23-20-10-15-5-4-6-16(19)9-15/h4-10H,11H2,1-3H3,(H,21,22)/b20-10-. The molecule has 0 heterocycles. The predicted molar refractivity (Wildman–Crippen MR) is 89.2 cm³/mol. The van der Waals surface area contributed by atoms with Gasteiger partial charge in [0.25, 0.3) is 5.91 Å². The Morgan fingerprint density at radius 3 is 2.57 bits per heavy atom. The molecule has 0 atom stereocenters. The monoisotopic (exact) mass is 314 g/mol. The lowest BCUT2D eigenvalue weighted by Crippen LogP contribution is -2.18. The molecule has 120 valence electrons. The van der Waals surface area contributed by atoms with E-state index in [2.05, 4.69) is 10.5 Å². The first-order valence-electron chi connectivity index (χ1n) is 7.24. The Balaban J connectivity index is 1.89. The topological polar surface area (TPSA) is 50.7 Å². The van der Waals surface area contributed by atoms with Crippen molar-refractivity contribution in [2.45, 2.75) is 20.8 Å². The van der Waals surface area contributed by atoms with Gasteiger partial charge in [0.15, 0.2) is 6.61 Å². The van der Waals surface area contributed by atoms with E-state index in [1.807, 2.05) is 32.9 Å². The number of rotatable bonds is 5. The van der Waals surface area contributed by atoms with Crippen molar-refractivity contribution in [2.24, 2.45) is 5.16 Å². The molecule has 0 spiro atoms. The number of nitrogens with zero attached hydrogens (tertiary/aromatic N) is 1. The van der Waals surface area contributed by atoms with Gasteiger partial charge in [-0.3, -0.25) is 4.79 Å². The van der Waals surface area contributed by atoms with Crippen molar-refractivity contribution in [2.75, 3.05) is 11.9 Å². The molecular formula is C18H19FN2O2. The number of carbonyl (C=O) groups excluding carboxylic acids is 1. The lowest BCUT2D eigenvalue weighted by molar-refractivity contribution is -0.120. The van der Waals surface area contributed by atoms with Crippen LogP contribution in [0.15, 0.2) is 41.6 Å². The molecule has 0 aromatic heterocycles. The van der Waals surface area contributed by atoms with Crippen molar-refractivity contribution >= 4 is 17.8 Å². The fraction of sp³-hybridized carbons (Fsp3) is 0.222. The second-order valence-electron chi connectivity index (χ2n) is 5.38. The van der Waals surface area contributed by atoms with E-state index in [-0.39, 0.29) is 18.3 Å². The number of nitrogens with one attached hydrogen (secondary N) is 1. The van der Waals surface area contributed by atoms with E-state index in [9.17, 15) is 9.18 Å². The number of carbonyl (C=O) groups is 1. The molecule has 0 fully saturated rings. The van der Waals surface area contributed by atoms with Gasteiger partial charge in [0.05, 0.1) is 6.21 Å². The average Bonchev–Trinajstić information content (AvgIpc) is 2.47. The second kappa shape index (κ2) is 7.54. The molecule has 2 rings (SSSR count). The summed E-state index contributed by atoms with van der Waals surface area (Å²) in [5, 5.41) is 6.49. The van der Waals surface area contributed by atoms with E-state index in [1.165, 1.54) is 18.3 Å². The number of amides is 1. The number of aryl methyl sites for hydroxylation is 3. The van der Waals surface area contributed by atoms with Crippen LogP contribution in [0.1, 0.15) is 22.3 Å². The highest BCUT2D eigenvalue weighted by atomic mass is 19.1. The number of hydrogen-bond donors (Lipinski definition) is 1. The van der Waals surface area contributed by atoms with Crippen LogP contribution < -0.4 is 5.32 Å². The summed E-state index contributed by atoms with van der Waals surface area (Å²) in [5.41, 5.74) is 4.50. The van der Waals surface area contributed by atoms with E-state index < -0.39 is 0 Å². The molecule has 0 saturated heterocycles. The van der Waals surface area contributed by atoms with E-state index in [4.69, 9.17) is 4.84 Å². The van der Waals surface area contributed by atoms with Gasteiger partial charge in [0, 0.05) is 5.69 Å². The van der Waals surface area contributed by atoms with Gasteiger partial charge in [-0.25, -0.2) is 4.39 Å². The number of benzene rings is 2. The summed E-state index contributed by atoms with van der Waals surface area (Å²) in [7, 11) is 0. The minimum atomic E-state index is -0.350. The highest BCUT2D eigenvalue weighted by molar-refractivity contribution is 5.93. The Kier molecular flexibility index (Phi) is 5.46. The lowest BCUT2D eigenvalue weighted by atomic mass is 10.1. The van der Waals surface area contributed by atoms with Gasteiger partial charge in [-0.05, 0) is 49.6 Å². The zero-order valence-electron chi connectivity index (χ0n) is 13.4. The van der Waals surface area contributed by atoms with Crippen molar-refractivity contribution in [1.82, 2.24) is 0 Å². The van der Waals surface area contributed by atoms with Crippen LogP contribution in [-0.4, -0.2) is 18.7 Å². The van der Waals surface area contributed by atoms with Gasteiger partial charge in [-0.1, -0.05) is 35.0 Å². The molecule has 23 heavy (non-hydrogen) atoms. The van der Waals surface area contributed by atoms with E-state index >= 15 is 0 Å². The van der Waals surface area contributed by atoms with Gasteiger partial charge in [0.1, 0.15) is 5.82 Å². The van der Waals surface area contributed by atoms with Crippen LogP contribution in [0.25, 0.3) is 0 Å². The molecule has 0 aliphatic rings. The molecule has 0 saturated carbocycles. The maximum Gasteiger partial charge on any atom is 0.265 e. The molecule has 0 radical (unpaired) electrons. The third-order valence-corrected chi connectivity index (χ3v) is 3.26. The first kappa shape index (κ1) is 16.7. The predicted octanol–water partition coefficient (Wildman–Crippen LogP) is 3.74. The summed E-state index contributed by atoms with van der Waals surface area (Å²) in [6.45, 7) is 5.69. The van der Waals surface area contributed by atoms with Gasteiger partial charge in [-0.2, -0.15) is 0 Å². The Morgan fingerprint density at radius 1 is 1.22 bits per heavy atom. The SMILES string of the molecule is Cc1cc(C)c(NC(=O)CO/N=C\c2cccc(F)c2)c(C)c1. The van der Waals surface area contributed by atoms with Crippen LogP contribution in [0.5, 0.6) is 0 Å². The Bertz CT molecular complexity index is 719. The molecule has 1 N–H and O–H groups in total. The molecule has 2 aromatic carbocycles. The van der Waals surface area contributed by atoms with Crippen molar-refractivity contribution in [3.8, 4) is 0 Å². The molecule has 0 unspecified atom stereocenters. The maximum atomic E-state index is 13.0. The van der Waals surface area contributed by atoms with E-state index in [0.717, 1.165) is 22.4 Å². The Labute approximate surface area is 135 Å². The zero-order valence-corrected chi connectivity index (χ0v) is 13.4. The molecule has 5 heteroatoms. The van der Waals surface area contributed by atoms with Crippen molar-refractivity contribution in [3.63, 3.8) is 0 Å². The fourth-order valence-corrected chi connectivity index (χ4v) is 2.33. The highest BCUT2D eigenvalue weighted by Gasteiger charge is 2.08. The van der Waals surface area contributed by atoms with Gasteiger partial charge in [0.2, 0.25) is 0 Å². The Morgan fingerprint density at radius 2 is 1.91 bits per heavy atom. The van der Waals surface area contributed by atoms with E-state index in [0.29, 0.717) is 5.56 Å². The van der Waals surface area contributed by atoms with Crippen molar-refractivity contribution in [1.29, 1.82) is 0 Å². The molecule has 4 nitrogen and oxygen atoms in total. The quantitative estimate of drug-likeness (QED) is 0.675. The summed E-state index contributed by atoms with van der Waals surface area (Å²) in [6, 6.07) is 9.95. The molecule has 1 amide bonds. The summed E-state index contributed by atoms with van der Waals surface area (Å²) < 4.78 is 13.0. The van der Waals surface area contributed by atoms with Crippen LogP contribution >= 0.6 is 0 Å². The van der Waals surface area contributed by atoms with Crippen LogP contribution in [-0.2, 0) is 9.63 Å². The summed E-state index contributed by atoms with van der Waals surface area (Å²) in [6.07, 6.45) is 1.36. The first-order valence-corrected chi connectivity index (χ1v) is 7.24. The largest absolute Gasteiger partial charge is 0.386 e. The molecule has 2 aromatic rings. The summed E-state index contributed by atoms with van der Waals surface area (Å²) in [5.74, 6) is -0.645. The zero-order chi connectivity index (χ0) is 16.8. The minimum Gasteiger partial charge on any atom is -0.386 e. The van der Waals surface area contributed by atoms with Gasteiger partial charge < -0.3 is 10.2 Å². The molecular weight excluding hydrogens is 295 g/mol. The first-order chi connectivity index (χ1) is 11.0. The smallest absolute Gasteiger partial charge is 0.265 e. The van der Waals surface area contributed by atoms with Crippen LogP contribution in [0.2, 0.25) is 0 Å². The molecule has 0 bridgehead atoms. The number of hydrogen-bond acceptors (Lipinski definition) is 3. The summed E-state index contributed by atoms with van der Waals surface area (Å²) in [4.78, 5) is 16.8. The van der Waals surface area contributed by atoms with Crippen LogP contribution in [0.3, 0.4) is 0 Å². The average molecular weight is 314 g/mol. The molecule has 0 aliphatic carbocycles. The lowest BCUT2D eigenvalue weighted by Gasteiger charge is -2.12. The van der Waals surface area contributed by atoms with Gasteiger partial charge >= 0.3 is 0 Å². The van der Waals surface area contributed by atoms with Crippen LogP contribution in [0, 0.1) is 26.6 Å². The minimum absolute atomic E-state index is 0.210. The summed E-state index contributed by atoms with van der Waals surface area (Å²) >= 11 is 0. The fourth-order valence-electron chi connectivity index (χ4n) is 2.33. The number of anilines is 1. The second-order valence-corrected chi connectivity index (χ2v) is 5.38.